The number of hydrogen-bond donors (Lipinski definition) is 1. The maximum absolute atomic E-state index is 12.6. The highest BCUT2D eigenvalue weighted by Crippen LogP contribution is 2.27. The summed E-state index contributed by atoms with van der Waals surface area (Å²) in [6.45, 7) is 0.198. The first-order valence-electron chi connectivity index (χ1n) is 8.32. The van der Waals surface area contributed by atoms with Crippen LogP contribution in [0.1, 0.15) is 22.3 Å². The molecule has 0 aromatic heterocycles. The third kappa shape index (κ3) is 3.80. The van der Waals surface area contributed by atoms with Crippen LogP contribution in [-0.4, -0.2) is 31.4 Å². The molecule has 0 aliphatic carbocycles. The van der Waals surface area contributed by atoms with E-state index in [-0.39, 0.29) is 24.8 Å². The van der Waals surface area contributed by atoms with Gasteiger partial charge in [-0.1, -0.05) is 18.2 Å². The van der Waals surface area contributed by atoms with Crippen molar-refractivity contribution in [2.75, 3.05) is 23.9 Å². The molecule has 1 aliphatic heterocycles. The van der Waals surface area contributed by atoms with Gasteiger partial charge in [0.05, 0.1) is 29.8 Å². The van der Waals surface area contributed by atoms with Gasteiger partial charge in [0.15, 0.2) is 0 Å². The molecular formula is C20H17N3O4. The average Bonchev–Trinajstić information content (AvgIpc) is 3.09. The van der Waals surface area contributed by atoms with Gasteiger partial charge < -0.3 is 15.0 Å². The zero-order valence-electron chi connectivity index (χ0n) is 14.6. The number of rotatable bonds is 4. The first-order chi connectivity index (χ1) is 13.0. The van der Waals surface area contributed by atoms with Crippen molar-refractivity contribution in [3.8, 4) is 6.07 Å². The number of hydrogen-bond acceptors (Lipinski definition) is 5. The van der Waals surface area contributed by atoms with Gasteiger partial charge in [0.25, 0.3) is 0 Å². The van der Waals surface area contributed by atoms with E-state index in [1.807, 2.05) is 6.07 Å². The Balaban J connectivity index is 1.75. The van der Waals surface area contributed by atoms with E-state index in [1.165, 1.54) is 12.0 Å². The molecule has 0 radical (unpaired) electrons. The molecule has 2 amide bonds. The fourth-order valence-corrected chi connectivity index (χ4v) is 2.98. The van der Waals surface area contributed by atoms with E-state index in [9.17, 15) is 14.4 Å². The molecule has 1 saturated heterocycles. The van der Waals surface area contributed by atoms with Crippen molar-refractivity contribution in [1.29, 1.82) is 5.26 Å². The number of para-hydroxylation sites is 1. The molecule has 1 fully saturated rings. The topological polar surface area (TPSA) is 99.5 Å². The van der Waals surface area contributed by atoms with Gasteiger partial charge in [-0.3, -0.25) is 9.59 Å². The fraction of sp³-hybridized carbons (Fsp3) is 0.200. The van der Waals surface area contributed by atoms with E-state index in [0.717, 1.165) is 0 Å². The number of nitriles is 1. The number of amides is 2. The Bertz CT molecular complexity index is 948. The SMILES string of the molecule is COC(=O)c1cccc(N2CC(C(=O)Nc3ccccc3C#N)CC2=O)c1. The van der Waals surface area contributed by atoms with Crippen LogP contribution in [0.3, 0.4) is 0 Å². The molecule has 1 N–H and O–H groups in total. The highest BCUT2D eigenvalue weighted by molar-refractivity contribution is 6.04. The summed E-state index contributed by atoms with van der Waals surface area (Å²) in [5.41, 5.74) is 1.65. The molecule has 7 heteroatoms. The lowest BCUT2D eigenvalue weighted by atomic mass is 10.1. The smallest absolute Gasteiger partial charge is 0.337 e. The molecule has 3 rings (SSSR count). The Morgan fingerprint density at radius 3 is 2.74 bits per heavy atom. The molecule has 1 atom stereocenters. The minimum atomic E-state index is -0.550. The number of anilines is 2. The van der Waals surface area contributed by atoms with Gasteiger partial charge >= 0.3 is 5.97 Å². The number of nitrogens with one attached hydrogen (secondary N) is 1. The van der Waals surface area contributed by atoms with Gasteiger partial charge in [-0.15, -0.1) is 0 Å². The normalized spacial score (nSPS) is 15.9. The predicted molar refractivity (Wildman–Crippen MR) is 98.0 cm³/mol. The van der Waals surface area contributed by atoms with E-state index in [4.69, 9.17) is 10.00 Å². The zero-order valence-corrected chi connectivity index (χ0v) is 14.6. The third-order valence-electron chi connectivity index (χ3n) is 4.38. The van der Waals surface area contributed by atoms with Crippen LogP contribution in [0.25, 0.3) is 0 Å². The fourth-order valence-electron chi connectivity index (χ4n) is 2.98. The quantitative estimate of drug-likeness (QED) is 0.841. The van der Waals surface area contributed by atoms with Crippen LogP contribution in [0.15, 0.2) is 48.5 Å². The number of ether oxygens (including phenoxy) is 1. The minimum Gasteiger partial charge on any atom is -0.465 e. The number of carbonyl (C=O) groups is 3. The Hall–Kier alpha value is -3.66. The van der Waals surface area contributed by atoms with Crippen LogP contribution in [0.5, 0.6) is 0 Å². The van der Waals surface area contributed by atoms with Crippen molar-refractivity contribution < 1.29 is 19.1 Å². The van der Waals surface area contributed by atoms with Crippen LogP contribution in [-0.2, 0) is 14.3 Å². The second-order valence-electron chi connectivity index (χ2n) is 6.09. The zero-order chi connectivity index (χ0) is 19.4. The average molecular weight is 363 g/mol. The maximum atomic E-state index is 12.6. The van der Waals surface area contributed by atoms with E-state index in [0.29, 0.717) is 22.5 Å². The van der Waals surface area contributed by atoms with Gasteiger partial charge in [0, 0.05) is 18.7 Å². The molecule has 2 aromatic rings. The monoisotopic (exact) mass is 363 g/mol. The first kappa shape index (κ1) is 18.1. The lowest BCUT2D eigenvalue weighted by Gasteiger charge is -2.17. The Labute approximate surface area is 156 Å². The van der Waals surface area contributed by atoms with Gasteiger partial charge in [-0.25, -0.2) is 4.79 Å². The van der Waals surface area contributed by atoms with E-state index < -0.39 is 11.9 Å². The van der Waals surface area contributed by atoms with Gasteiger partial charge in [-0.2, -0.15) is 5.26 Å². The van der Waals surface area contributed by atoms with E-state index >= 15 is 0 Å². The summed E-state index contributed by atoms with van der Waals surface area (Å²) in [5.74, 6) is -1.57. The molecule has 136 valence electrons. The van der Waals surface area contributed by atoms with Gasteiger partial charge in [0.1, 0.15) is 6.07 Å². The minimum absolute atomic E-state index is 0.0585. The van der Waals surface area contributed by atoms with Crippen molar-refractivity contribution in [3.63, 3.8) is 0 Å². The predicted octanol–water partition coefficient (Wildman–Crippen LogP) is 2.34. The van der Waals surface area contributed by atoms with Crippen molar-refractivity contribution in [2.24, 2.45) is 5.92 Å². The number of methoxy groups -OCH3 is 1. The second-order valence-corrected chi connectivity index (χ2v) is 6.09. The molecule has 1 heterocycles. The molecule has 7 nitrogen and oxygen atoms in total. The molecule has 2 aromatic carbocycles. The summed E-state index contributed by atoms with van der Waals surface area (Å²) in [5, 5.41) is 11.8. The van der Waals surface area contributed by atoms with Crippen LogP contribution in [0.4, 0.5) is 11.4 Å². The summed E-state index contributed by atoms with van der Waals surface area (Å²) in [4.78, 5) is 38.1. The lowest BCUT2D eigenvalue weighted by molar-refractivity contribution is -0.122. The van der Waals surface area contributed by atoms with Gasteiger partial charge in [-0.05, 0) is 30.3 Å². The van der Waals surface area contributed by atoms with Crippen LogP contribution in [0, 0.1) is 17.2 Å². The lowest BCUT2D eigenvalue weighted by Crippen LogP contribution is -2.28. The van der Waals surface area contributed by atoms with Crippen LogP contribution in [0.2, 0.25) is 0 Å². The molecule has 0 spiro atoms. The Kier molecular flexibility index (Phi) is 5.18. The molecule has 27 heavy (non-hydrogen) atoms. The molecule has 0 saturated carbocycles. The van der Waals surface area contributed by atoms with E-state index in [1.54, 1.807) is 48.5 Å². The van der Waals surface area contributed by atoms with Crippen molar-refractivity contribution in [1.82, 2.24) is 0 Å². The standard InChI is InChI=1S/C20H17N3O4/c1-27-20(26)13-6-4-7-16(9-13)23-12-15(10-18(23)24)19(25)22-17-8-3-2-5-14(17)11-21/h2-9,15H,10,12H2,1H3,(H,22,25). The van der Waals surface area contributed by atoms with Crippen molar-refractivity contribution >= 4 is 29.2 Å². The number of carbonyl (C=O) groups excluding carboxylic acids is 3. The largest absolute Gasteiger partial charge is 0.465 e. The summed E-state index contributed by atoms with van der Waals surface area (Å²) < 4.78 is 4.70. The summed E-state index contributed by atoms with van der Waals surface area (Å²) in [7, 11) is 1.29. The Morgan fingerprint density at radius 2 is 2.00 bits per heavy atom. The molecule has 0 bridgehead atoms. The number of esters is 1. The molecule has 1 aliphatic rings. The van der Waals surface area contributed by atoms with Crippen LogP contribution >= 0.6 is 0 Å². The first-order valence-corrected chi connectivity index (χ1v) is 8.32. The second kappa shape index (κ2) is 7.70. The van der Waals surface area contributed by atoms with Crippen molar-refractivity contribution in [3.05, 3.63) is 59.7 Å². The van der Waals surface area contributed by atoms with E-state index in [2.05, 4.69) is 5.32 Å². The third-order valence-corrected chi connectivity index (χ3v) is 4.38. The van der Waals surface area contributed by atoms with Gasteiger partial charge in [0.2, 0.25) is 11.8 Å². The summed E-state index contributed by atoms with van der Waals surface area (Å²) in [6.07, 6.45) is 0.0585. The number of benzene rings is 2. The highest BCUT2D eigenvalue weighted by atomic mass is 16.5. The summed E-state index contributed by atoms with van der Waals surface area (Å²) >= 11 is 0. The molecular weight excluding hydrogens is 346 g/mol. The maximum Gasteiger partial charge on any atom is 0.337 e. The highest BCUT2D eigenvalue weighted by Gasteiger charge is 2.35. The number of nitrogens with zero attached hydrogens (tertiary/aromatic N) is 2. The molecule has 1 unspecified atom stereocenters. The Morgan fingerprint density at radius 1 is 1.22 bits per heavy atom. The summed E-state index contributed by atoms with van der Waals surface area (Å²) in [6, 6.07) is 15.2. The van der Waals surface area contributed by atoms with Crippen LogP contribution < -0.4 is 10.2 Å². The van der Waals surface area contributed by atoms with Crippen molar-refractivity contribution in [2.45, 2.75) is 6.42 Å².